The van der Waals surface area contributed by atoms with Crippen LogP contribution in [0.4, 0.5) is 0 Å². The first kappa shape index (κ1) is 11.6. The maximum absolute atomic E-state index is 12.1. The molecule has 1 aromatic rings. The van der Waals surface area contributed by atoms with Gasteiger partial charge in [0.05, 0.1) is 17.0 Å². The lowest BCUT2D eigenvalue weighted by atomic mass is 10.2. The van der Waals surface area contributed by atoms with Crippen LogP contribution in [0.3, 0.4) is 0 Å². The van der Waals surface area contributed by atoms with Gasteiger partial charge in [0.2, 0.25) is 10.0 Å². The van der Waals surface area contributed by atoms with Crippen molar-refractivity contribution >= 4 is 10.0 Å². The summed E-state index contributed by atoms with van der Waals surface area (Å²) in [6.45, 7) is 0.902. The highest BCUT2D eigenvalue weighted by Crippen LogP contribution is 2.18. The van der Waals surface area contributed by atoms with Crippen LogP contribution in [0.2, 0.25) is 0 Å². The summed E-state index contributed by atoms with van der Waals surface area (Å²) in [7, 11) is -2.02. The van der Waals surface area contributed by atoms with Crippen molar-refractivity contribution in [1.29, 1.82) is 0 Å². The van der Waals surface area contributed by atoms with Crippen molar-refractivity contribution in [1.82, 2.24) is 14.6 Å². The molecule has 0 bridgehead atoms. The lowest BCUT2D eigenvalue weighted by Crippen LogP contribution is -2.44. The molecule has 0 aromatic carbocycles. The van der Waals surface area contributed by atoms with Gasteiger partial charge in [-0.1, -0.05) is 0 Å². The van der Waals surface area contributed by atoms with Crippen molar-refractivity contribution < 1.29 is 13.5 Å². The van der Waals surface area contributed by atoms with Gasteiger partial charge in [-0.25, -0.2) is 8.42 Å². The Kier molecular flexibility index (Phi) is 3.02. The van der Waals surface area contributed by atoms with Crippen molar-refractivity contribution in [2.24, 2.45) is 0 Å². The van der Waals surface area contributed by atoms with E-state index in [0.29, 0.717) is 13.1 Å². The Bertz CT molecular complexity index is 443. The van der Waals surface area contributed by atoms with Crippen molar-refractivity contribution in [3.63, 3.8) is 0 Å². The largest absolute Gasteiger partial charge is 0.390 e. The summed E-state index contributed by atoms with van der Waals surface area (Å²) in [4.78, 5) is 2.93. The Morgan fingerprint density at radius 3 is 2.75 bits per heavy atom. The molecule has 16 heavy (non-hydrogen) atoms. The number of H-pyrrole nitrogens is 1. The number of rotatable bonds is 3. The number of sulfonamides is 1. The molecular formula is C9H15N3O3S. The molecule has 0 spiro atoms. The minimum absolute atomic E-state index is 0.217. The number of nitrogens with one attached hydrogen (secondary N) is 2. The standard InChI is InChI=1S/C9H15N3O3S/c1-12(8-5-11-6-9(8)13)16(14,15)7-2-3-10-4-7/h2-4,8-11,13H,5-6H2,1H3. The molecular weight excluding hydrogens is 230 g/mol. The van der Waals surface area contributed by atoms with E-state index < -0.39 is 22.2 Å². The summed E-state index contributed by atoms with van der Waals surface area (Å²) < 4.78 is 25.4. The van der Waals surface area contributed by atoms with Crippen molar-refractivity contribution in [2.45, 2.75) is 17.0 Å². The number of aromatic nitrogens is 1. The fourth-order valence-electron chi connectivity index (χ4n) is 1.84. The fraction of sp³-hybridized carbons (Fsp3) is 0.556. The topological polar surface area (TPSA) is 85.4 Å². The summed E-state index contributed by atoms with van der Waals surface area (Å²) in [5.74, 6) is 0. The van der Waals surface area contributed by atoms with E-state index in [2.05, 4.69) is 10.3 Å². The van der Waals surface area contributed by atoms with E-state index in [1.165, 1.54) is 23.6 Å². The highest BCUT2D eigenvalue weighted by Gasteiger charge is 2.35. The predicted octanol–water partition coefficient (Wildman–Crippen LogP) is -1.03. The van der Waals surface area contributed by atoms with Crippen LogP contribution in [-0.4, -0.2) is 55.1 Å². The van der Waals surface area contributed by atoms with Crippen LogP contribution < -0.4 is 5.32 Å². The molecule has 1 aromatic heterocycles. The minimum Gasteiger partial charge on any atom is -0.390 e. The van der Waals surface area contributed by atoms with Crippen LogP contribution in [-0.2, 0) is 10.0 Å². The van der Waals surface area contributed by atoms with Crippen LogP contribution in [0.25, 0.3) is 0 Å². The van der Waals surface area contributed by atoms with Gasteiger partial charge < -0.3 is 15.4 Å². The molecule has 0 saturated carbocycles. The molecule has 0 amide bonds. The Morgan fingerprint density at radius 1 is 1.50 bits per heavy atom. The molecule has 1 saturated heterocycles. The molecule has 0 radical (unpaired) electrons. The van der Waals surface area contributed by atoms with Crippen molar-refractivity contribution in [3.8, 4) is 0 Å². The van der Waals surface area contributed by atoms with E-state index in [1.54, 1.807) is 6.20 Å². The first-order valence-corrected chi connectivity index (χ1v) is 6.47. The number of hydrogen-bond donors (Lipinski definition) is 3. The van der Waals surface area contributed by atoms with Gasteiger partial charge in [0.25, 0.3) is 0 Å². The summed E-state index contributed by atoms with van der Waals surface area (Å²) in [5.41, 5.74) is 0. The van der Waals surface area contributed by atoms with Crippen LogP contribution in [0.15, 0.2) is 23.4 Å². The highest BCUT2D eigenvalue weighted by molar-refractivity contribution is 7.89. The monoisotopic (exact) mass is 245 g/mol. The molecule has 2 atom stereocenters. The van der Waals surface area contributed by atoms with Crippen molar-refractivity contribution in [3.05, 3.63) is 18.5 Å². The third-order valence-electron chi connectivity index (χ3n) is 2.86. The summed E-state index contributed by atoms with van der Waals surface area (Å²) >= 11 is 0. The molecule has 6 nitrogen and oxygen atoms in total. The Morgan fingerprint density at radius 2 is 2.25 bits per heavy atom. The normalized spacial score (nSPS) is 26.4. The predicted molar refractivity (Wildman–Crippen MR) is 58.4 cm³/mol. The molecule has 1 aliphatic heterocycles. The zero-order chi connectivity index (χ0) is 11.8. The van der Waals surface area contributed by atoms with Crippen LogP contribution in [0.5, 0.6) is 0 Å². The van der Waals surface area contributed by atoms with Crippen LogP contribution >= 0.6 is 0 Å². The number of aliphatic hydroxyl groups is 1. The first-order chi connectivity index (χ1) is 7.53. The Labute approximate surface area is 94.3 Å². The Balaban J connectivity index is 2.24. The number of hydrogen-bond acceptors (Lipinski definition) is 4. The minimum atomic E-state index is -3.51. The van der Waals surface area contributed by atoms with Gasteiger partial charge in [-0.3, -0.25) is 0 Å². The lowest BCUT2D eigenvalue weighted by molar-refractivity contribution is 0.136. The van der Waals surface area contributed by atoms with E-state index in [4.69, 9.17) is 0 Å². The molecule has 2 heterocycles. The summed E-state index contributed by atoms with van der Waals surface area (Å²) in [6.07, 6.45) is 2.34. The molecule has 3 N–H and O–H groups in total. The second kappa shape index (κ2) is 4.17. The van der Waals surface area contributed by atoms with Crippen molar-refractivity contribution in [2.75, 3.05) is 20.1 Å². The fourth-order valence-corrected chi connectivity index (χ4v) is 3.20. The van der Waals surface area contributed by atoms with Crippen LogP contribution in [0.1, 0.15) is 0 Å². The highest BCUT2D eigenvalue weighted by atomic mass is 32.2. The average molecular weight is 245 g/mol. The van der Waals surface area contributed by atoms with E-state index in [1.807, 2.05) is 0 Å². The number of aliphatic hydroxyl groups excluding tert-OH is 1. The maximum Gasteiger partial charge on any atom is 0.244 e. The second-order valence-corrected chi connectivity index (χ2v) is 5.86. The van der Waals surface area contributed by atoms with Gasteiger partial charge in [-0.15, -0.1) is 0 Å². The van der Waals surface area contributed by atoms with E-state index in [0.717, 1.165) is 0 Å². The third kappa shape index (κ3) is 1.86. The third-order valence-corrected chi connectivity index (χ3v) is 4.74. The maximum atomic E-state index is 12.1. The SMILES string of the molecule is CN(C1CNCC1O)S(=O)(=O)c1cc[nH]c1. The first-order valence-electron chi connectivity index (χ1n) is 5.03. The number of nitrogens with zero attached hydrogens (tertiary/aromatic N) is 1. The Hall–Kier alpha value is -0.890. The molecule has 1 aliphatic rings. The van der Waals surface area contributed by atoms with Gasteiger partial charge in [-0.05, 0) is 6.07 Å². The quantitative estimate of drug-likeness (QED) is 0.635. The summed E-state index contributed by atoms with van der Waals surface area (Å²) in [5, 5.41) is 12.6. The smallest absolute Gasteiger partial charge is 0.244 e. The zero-order valence-corrected chi connectivity index (χ0v) is 9.74. The lowest BCUT2D eigenvalue weighted by Gasteiger charge is -2.25. The van der Waals surface area contributed by atoms with Crippen LogP contribution in [0, 0.1) is 0 Å². The molecule has 7 heteroatoms. The number of likely N-dealkylation sites (N-methyl/N-ethyl adjacent to an activating group) is 1. The summed E-state index contributed by atoms with van der Waals surface area (Å²) in [6, 6.07) is 1.10. The molecule has 2 rings (SSSR count). The van der Waals surface area contributed by atoms with Gasteiger partial charge in [0, 0.05) is 32.5 Å². The second-order valence-electron chi connectivity index (χ2n) is 3.86. The molecule has 90 valence electrons. The van der Waals surface area contributed by atoms with E-state index >= 15 is 0 Å². The van der Waals surface area contributed by atoms with Gasteiger partial charge in [0.1, 0.15) is 0 Å². The molecule has 2 unspecified atom stereocenters. The van der Waals surface area contributed by atoms with Gasteiger partial charge in [-0.2, -0.15) is 4.31 Å². The number of β-amino-alcohol motifs (C(OH)–C–C–N with tert-alkyl or cyclic N) is 1. The van der Waals surface area contributed by atoms with Gasteiger partial charge >= 0.3 is 0 Å². The average Bonchev–Trinajstić information content (AvgIpc) is 2.86. The zero-order valence-electron chi connectivity index (χ0n) is 8.92. The van der Waals surface area contributed by atoms with Gasteiger partial charge in [0.15, 0.2) is 0 Å². The van der Waals surface area contributed by atoms with E-state index in [-0.39, 0.29) is 4.90 Å². The van der Waals surface area contributed by atoms with E-state index in [9.17, 15) is 13.5 Å². The number of aromatic amines is 1. The molecule has 1 fully saturated rings. The molecule has 0 aliphatic carbocycles.